The zero-order chi connectivity index (χ0) is 13.1. The predicted molar refractivity (Wildman–Crippen MR) is 65.6 cm³/mol. The molecule has 1 fully saturated rings. The van der Waals surface area contributed by atoms with Gasteiger partial charge < -0.3 is 4.74 Å². The number of rotatable bonds is 2. The van der Waals surface area contributed by atoms with Gasteiger partial charge in [0, 0.05) is 12.3 Å². The van der Waals surface area contributed by atoms with E-state index in [1.807, 2.05) is 0 Å². The summed E-state index contributed by atoms with van der Waals surface area (Å²) in [6.45, 7) is 4.34. The van der Waals surface area contributed by atoms with Crippen LogP contribution in [0.4, 0.5) is 4.39 Å². The summed E-state index contributed by atoms with van der Waals surface area (Å²) in [5.41, 5.74) is 0.230. The van der Waals surface area contributed by atoms with Crippen molar-refractivity contribution < 1.29 is 13.9 Å². The Morgan fingerprint density at radius 1 is 1.33 bits per heavy atom. The van der Waals surface area contributed by atoms with Crippen molar-refractivity contribution in [1.29, 1.82) is 0 Å². The van der Waals surface area contributed by atoms with Crippen LogP contribution < -0.4 is 0 Å². The lowest BCUT2D eigenvalue weighted by Crippen LogP contribution is -2.28. The van der Waals surface area contributed by atoms with Gasteiger partial charge in [-0.3, -0.25) is 0 Å². The summed E-state index contributed by atoms with van der Waals surface area (Å²) in [6, 6.07) is 2.58. The molecule has 0 bridgehead atoms. The van der Waals surface area contributed by atoms with Crippen LogP contribution in [0.5, 0.6) is 0 Å². The maximum absolute atomic E-state index is 12.9. The Labute approximate surface area is 106 Å². The lowest BCUT2D eigenvalue weighted by molar-refractivity contribution is 0.00799. The highest BCUT2D eigenvalue weighted by Gasteiger charge is 2.27. The first kappa shape index (κ1) is 13.0. The molecular formula is C14H18FNO2. The molecule has 0 N–H and O–H groups in total. The van der Waals surface area contributed by atoms with Crippen LogP contribution in [-0.4, -0.2) is 17.1 Å². The molecule has 2 unspecified atom stereocenters. The number of ether oxygens (including phenoxy) is 1. The molecule has 4 heteroatoms. The third-order valence-corrected chi connectivity index (χ3v) is 3.37. The highest BCUT2D eigenvalue weighted by Crippen LogP contribution is 2.30. The molecule has 0 amide bonds. The first-order valence-corrected chi connectivity index (χ1v) is 6.37. The highest BCUT2D eigenvalue weighted by atomic mass is 19.1. The largest absolute Gasteiger partial charge is 0.459 e. The van der Waals surface area contributed by atoms with Gasteiger partial charge in [0.15, 0.2) is 0 Å². The van der Waals surface area contributed by atoms with Crippen LogP contribution in [0.15, 0.2) is 18.3 Å². The second-order valence-electron chi connectivity index (χ2n) is 5.31. The number of pyridine rings is 1. The summed E-state index contributed by atoms with van der Waals surface area (Å²) < 4.78 is 18.4. The van der Waals surface area contributed by atoms with Gasteiger partial charge in [-0.25, -0.2) is 9.78 Å². The molecule has 0 aliphatic heterocycles. The second-order valence-corrected chi connectivity index (χ2v) is 5.31. The molecule has 2 rings (SSSR count). The van der Waals surface area contributed by atoms with E-state index in [4.69, 9.17) is 4.74 Å². The number of carbonyl (C=O) groups is 1. The lowest BCUT2D eigenvalue weighted by atomic mass is 9.82. The van der Waals surface area contributed by atoms with E-state index in [0.717, 1.165) is 18.9 Å². The number of nitrogens with zero attached hydrogens (tertiary/aromatic N) is 1. The maximum Gasteiger partial charge on any atom is 0.338 e. The second kappa shape index (κ2) is 5.46. The molecule has 18 heavy (non-hydrogen) atoms. The lowest BCUT2D eigenvalue weighted by Gasteiger charge is -2.30. The molecule has 98 valence electrons. The Balaban J connectivity index is 1.99. The summed E-state index contributed by atoms with van der Waals surface area (Å²) >= 11 is 0. The van der Waals surface area contributed by atoms with E-state index in [0.29, 0.717) is 11.8 Å². The topological polar surface area (TPSA) is 39.2 Å². The Morgan fingerprint density at radius 2 is 2.00 bits per heavy atom. The van der Waals surface area contributed by atoms with Crippen molar-refractivity contribution >= 4 is 5.97 Å². The van der Waals surface area contributed by atoms with Crippen LogP contribution in [0.1, 0.15) is 43.5 Å². The van der Waals surface area contributed by atoms with E-state index in [2.05, 4.69) is 18.8 Å². The fourth-order valence-electron chi connectivity index (χ4n) is 2.72. The van der Waals surface area contributed by atoms with Gasteiger partial charge in [-0.15, -0.1) is 0 Å². The van der Waals surface area contributed by atoms with Crippen molar-refractivity contribution in [1.82, 2.24) is 4.98 Å². The van der Waals surface area contributed by atoms with Crippen molar-refractivity contribution in [2.75, 3.05) is 0 Å². The van der Waals surface area contributed by atoms with Gasteiger partial charge in [-0.1, -0.05) is 13.8 Å². The molecule has 1 aliphatic rings. The maximum atomic E-state index is 12.9. The van der Waals surface area contributed by atoms with Crippen molar-refractivity contribution in [3.63, 3.8) is 0 Å². The minimum absolute atomic E-state index is 0.0486. The Kier molecular flexibility index (Phi) is 3.94. The fourth-order valence-corrected chi connectivity index (χ4v) is 2.72. The van der Waals surface area contributed by atoms with Crippen molar-refractivity contribution in [3.05, 3.63) is 29.8 Å². The molecule has 2 atom stereocenters. The molecule has 0 spiro atoms. The van der Waals surface area contributed by atoms with Crippen molar-refractivity contribution in [3.8, 4) is 0 Å². The highest BCUT2D eigenvalue weighted by molar-refractivity contribution is 5.89. The normalized spacial score (nSPS) is 27.8. The van der Waals surface area contributed by atoms with Crippen LogP contribution in [0.25, 0.3) is 0 Å². The van der Waals surface area contributed by atoms with E-state index >= 15 is 0 Å². The Bertz CT molecular complexity index is 426. The summed E-state index contributed by atoms with van der Waals surface area (Å²) in [6.07, 6.45) is 4.19. The third kappa shape index (κ3) is 3.28. The van der Waals surface area contributed by atoms with Crippen LogP contribution in [0, 0.1) is 17.8 Å². The molecule has 1 aromatic rings. The van der Waals surface area contributed by atoms with E-state index in [-0.39, 0.29) is 11.7 Å². The van der Waals surface area contributed by atoms with Crippen LogP contribution in [0.2, 0.25) is 0 Å². The van der Waals surface area contributed by atoms with Gasteiger partial charge in [-0.2, -0.15) is 4.39 Å². The minimum Gasteiger partial charge on any atom is -0.459 e. The molecule has 1 heterocycles. The summed E-state index contributed by atoms with van der Waals surface area (Å²) in [5.74, 6) is 0.0267. The van der Waals surface area contributed by atoms with E-state index < -0.39 is 11.9 Å². The van der Waals surface area contributed by atoms with Crippen molar-refractivity contribution in [2.45, 2.75) is 39.2 Å². The number of hydrogen-bond acceptors (Lipinski definition) is 3. The molecule has 1 aliphatic carbocycles. The zero-order valence-corrected chi connectivity index (χ0v) is 10.7. The van der Waals surface area contributed by atoms with Crippen LogP contribution in [-0.2, 0) is 4.74 Å². The quantitative estimate of drug-likeness (QED) is 0.598. The summed E-state index contributed by atoms with van der Waals surface area (Å²) in [5, 5.41) is 0. The van der Waals surface area contributed by atoms with E-state index in [1.54, 1.807) is 0 Å². The number of esters is 1. The van der Waals surface area contributed by atoms with E-state index in [1.165, 1.54) is 18.7 Å². The SMILES string of the molecule is CC1CC(C)CC(OC(=O)c2ccnc(F)c2)C1. The van der Waals surface area contributed by atoms with Crippen LogP contribution >= 0.6 is 0 Å². The minimum atomic E-state index is -0.658. The average molecular weight is 251 g/mol. The monoisotopic (exact) mass is 251 g/mol. The third-order valence-electron chi connectivity index (χ3n) is 3.37. The standard InChI is InChI=1S/C14H18FNO2/c1-9-5-10(2)7-12(6-9)18-14(17)11-3-4-16-13(15)8-11/h3-4,8-10,12H,5-7H2,1-2H3. The van der Waals surface area contributed by atoms with Crippen LogP contribution in [0.3, 0.4) is 0 Å². The zero-order valence-electron chi connectivity index (χ0n) is 10.7. The molecule has 0 radical (unpaired) electrons. The molecule has 1 aromatic heterocycles. The average Bonchev–Trinajstić information content (AvgIpc) is 2.27. The Hall–Kier alpha value is -1.45. The number of aromatic nitrogens is 1. The first-order chi connectivity index (χ1) is 8.54. The smallest absolute Gasteiger partial charge is 0.338 e. The predicted octanol–water partition coefficient (Wildman–Crippen LogP) is 3.20. The van der Waals surface area contributed by atoms with Gasteiger partial charge in [0.1, 0.15) is 6.10 Å². The molecule has 1 saturated carbocycles. The number of carbonyl (C=O) groups excluding carboxylic acids is 1. The van der Waals surface area contributed by atoms with Gasteiger partial charge in [0.25, 0.3) is 0 Å². The van der Waals surface area contributed by atoms with Gasteiger partial charge in [0.05, 0.1) is 5.56 Å². The van der Waals surface area contributed by atoms with Gasteiger partial charge in [-0.05, 0) is 37.2 Å². The first-order valence-electron chi connectivity index (χ1n) is 6.37. The molecular weight excluding hydrogens is 233 g/mol. The number of hydrogen-bond donors (Lipinski definition) is 0. The number of halogens is 1. The Morgan fingerprint density at radius 3 is 2.61 bits per heavy atom. The van der Waals surface area contributed by atoms with Gasteiger partial charge >= 0.3 is 5.97 Å². The summed E-state index contributed by atoms with van der Waals surface area (Å²) in [7, 11) is 0. The van der Waals surface area contributed by atoms with Gasteiger partial charge in [0.2, 0.25) is 5.95 Å². The fraction of sp³-hybridized carbons (Fsp3) is 0.571. The molecule has 3 nitrogen and oxygen atoms in total. The summed E-state index contributed by atoms with van der Waals surface area (Å²) in [4.78, 5) is 15.3. The van der Waals surface area contributed by atoms with E-state index in [9.17, 15) is 9.18 Å². The molecule has 0 saturated heterocycles. The van der Waals surface area contributed by atoms with Crippen molar-refractivity contribution in [2.24, 2.45) is 11.8 Å². The molecule has 0 aromatic carbocycles.